The van der Waals surface area contributed by atoms with Crippen molar-refractivity contribution in [3.63, 3.8) is 0 Å². The molecule has 0 saturated heterocycles. The minimum absolute atomic E-state index is 0.565. The van der Waals surface area contributed by atoms with Crippen molar-refractivity contribution in [3.05, 3.63) is 53.9 Å². The maximum Gasteiger partial charge on any atom is 0.137 e. The van der Waals surface area contributed by atoms with Crippen LogP contribution in [0.5, 0.6) is 5.75 Å². The first-order valence-corrected chi connectivity index (χ1v) is 6.32. The summed E-state index contributed by atoms with van der Waals surface area (Å²) in [5.41, 5.74) is 7.78. The Morgan fingerprint density at radius 3 is 2.84 bits per heavy atom. The Labute approximate surface area is 112 Å². The van der Waals surface area contributed by atoms with Gasteiger partial charge in [0, 0.05) is 23.0 Å². The second-order valence-corrected chi connectivity index (χ2v) is 4.33. The third-order valence-corrected chi connectivity index (χ3v) is 2.81. The van der Waals surface area contributed by atoms with E-state index in [9.17, 15) is 5.11 Å². The second-order valence-electron chi connectivity index (χ2n) is 4.33. The van der Waals surface area contributed by atoms with E-state index in [1.54, 1.807) is 30.6 Å². The molecule has 0 aliphatic carbocycles. The third-order valence-electron chi connectivity index (χ3n) is 2.81. The van der Waals surface area contributed by atoms with Gasteiger partial charge in [-0.05, 0) is 18.6 Å². The van der Waals surface area contributed by atoms with E-state index in [2.05, 4.69) is 4.98 Å². The number of ether oxygens (including phenoxy) is 1. The minimum Gasteiger partial charge on any atom is -0.492 e. The molecule has 19 heavy (non-hydrogen) atoms. The van der Waals surface area contributed by atoms with Gasteiger partial charge in [0.2, 0.25) is 0 Å². The number of hydrogen-bond acceptors (Lipinski definition) is 4. The highest BCUT2D eigenvalue weighted by Crippen LogP contribution is 2.27. The first kappa shape index (κ1) is 13.4. The molecule has 0 aliphatic heterocycles. The summed E-state index contributed by atoms with van der Waals surface area (Å²) in [6.07, 6.45) is 3.40. The largest absolute Gasteiger partial charge is 0.492 e. The number of aliphatic hydroxyl groups excluding tert-OH is 1. The summed E-state index contributed by atoms with van der Waals surface area (Å²) in [5, 5.41) is 10.3. The lowest BCUT2D eigenvalue weighted by atomic mass is 10.0. The molecule has 4 heteroatoms. The van der Waals surface area contributed by atoms with Gasteiger partial charge in [-0.3, -0.25) is 4.98 Å². The van der Waals surface area contributed by atoms with Gasteiger partial charge in [0.15, 0.2) is 0 Å². The number of nitrogens with zero attached hydrogens (tertiary/aromatic N) is 1. The number of aliphatic hydroxyl groups is 1. The number of para-hydroxylation sites is 1. The van der Waals surface area contributed by atoms with Gasteiger partial charge >= 0.3 is 0 Å². The number of nitrogens with two attached hydrogens (primary N) is 1. The van der Waals surface area contributed by atoms with Crippen LogP contribution in [-0.2, 0) is 0 Å². The molecule has 2 rings (SSSR count). The smallest absolute Gasteiger partial charge is 0.137 e. The van der Waals surface area contributed by atoms with E-state index >= 15 is 0 Å². The van der Waals surface area contributed by atoms with Gasteiger partial charge in [-0.2, -0.15) is 0 Å². The molecule has 1 atom stereocenters. The number of hydrogen-bond donors (Lipinski definition) is 2. The van der Waals surface area contributed by atoms with Crippen LogP contribution in [0.4, 0.5) is 5.69 Å². The van der Waals surface area contributed by atoms with E-state index in [1.165, 1.54) is 0 Å². The molecule has 0 fully saturated rings. The maximum atomic E-state index is 10.3. The molecule has 0 spiro atoms. The molecular formula is C15H18N2O2. The van der Waals surface area contributed by atoms with E-state index in [-0.39, 0.29) is 0 Å². The van der Waals surface area contributed by atoms with E-state index in [0.29, 0.717) is 29.2 Å². The molecule has 100 valence electrons. The van der Waals surface area contributed by atoms with E-state index in [1.807, 2.05) is 19.1 Å². The average molecular weight is 258 g/mol. The van der Waals surface area contributed by atoms with Crippen LogP contribution in [-0.4, -0.2) is 16.7 Å². The Morgan fingerprint density at radius 2 is 2.11 bits per heavy atom. The van der Waals surface area contributed by atoms with Crippen LogP contribution in [0.25, 0.3) is 0 Å². The SMILES string of the molecule is CCCOc1cncc(C(O)c2ccccc2N)c1. The summed E-state index contributed by atoms with van der Waals surface area (Å²) in [6.45, 7) is 2.67. The molecule has 0 amide bonds. The Morgan fingerprint density at radius 1 is 1.32 bits per heavy atom. The zero-order valence-corrected chi connectivity index (χ0v) is 10.9. The standard InChI is InChI=1S/C15H18N2O2/c1-2-7-19-12-8-11(9-17-10-12)15(18)13-5-3-4-6-14(13)16/h3-6,8-10,15,18H,2,7,16H2,1H3. The van der Waals surface area contributed by atoms with E-state index < -0.39 is 6.10 Å². The number of pyridine rings is 1. The summed E-state index contributed by atoms with van der Waals surface area (Å²) in [5.74, 6) is 0.660. The number of anilines is 1. The highest BCUT2D eigenvalue weighted by Gasteiger charge is 2.14. The van der Waals surface area contributed by atoms with Gasteiger partial charge in [0.1, 0.15) is 11.9 Å². The Balaban J connectivity index is 2.24. The first-order valence-electron chi connectivity index (χ1n) is 6.32. The van der Waals surface area contributed by atoms with Crippen LogP contribution in [0.1, 0.15) is 30.6 Å². The molecular weight excluding hydrogens is 240 g/mol. The van der Waals surface area contributed by atoms with Crippen LogP contribution in [0.2, 0.25) is 0 Å². The predicted octanol–water partition coefficient (Wildman–Crippen LogP) is 2.53. The molecule has 3 N–H and O–H groups in total. The van der Waals surface area contributed by atoms with Gasteiger partial charge in [-0.15, -0.1) is 0 Å². The lowest BCUT2D eigenvalue weighted by Crippen LogP contribution is -2.05. The lowest BCUT2D eigenvalue weighted by Gasteiger charge is -2.14. The molecule has 0 aliphatic rings. The summed E-state index contributed by atoms with van der Waals surface area (Å²) in [4.78, 5) is 4.09. The van der Waals surface area contributed by atoms with Gasteiger partial charge in [-0.25, -0.2) is 0 Å². The zero-order chi connectivity index (χ0) is 13.7. The van der Waals surface area contributed by atoms with E-state index in [0.717, 1.165) is 6.42 Å². The summed E-state index contributed by atoms with van der Waals surface area (Å²) < 4.78 is 5.51. The number of aromatic nitrogens is 1. The molecule has 2 aromatic rings. The molecule has 0 bridgehead atoms. The molecule has 0 saturated carbocycles. The van der Waals surface area contributed by atoms with Crippen molar-refractivity contribution in [2.45, 2.75) is 19.4 Å². The van der Waals surface area contributed by atoms with Crippen molar-refractivity contribution >= 4 is 5.69 Å². The van der Waals surface area contributed by atoms with Crippen molar-refractivity contribution in [1.29, 1.82) is 0 Å². The molecule has 1 heterocycles. The van der Waals surface area contributed by atoms with Gasteiger partial charge in [0.25, 0.3) is 0 Å². The Bertz CT molecular complexity index is 543. The topological polar surface area (TPSA) is 68.4 Å². The van der Waals surface area contributed by atoms with Crippen LogP contribution in [0, 0.1) is 0 Å². The quantitative estimate of drug-likeness (QED) is 0.809. The average Bonchev–Trinajstić information content (AvgIpc) is 2.45. The minimum atomic E-state index is -0.793. The van der Waals surface area contributed by atoms with Crippen molar-refractivity contribution in [1.82, 2.24) is 4.98 Å². The summed E-state index contributed by atoms with van der Waals surface area (Å²) >= 11 is 0. The van der Waals surface area contributed by atoms with Gasteiger partial charge in [-0.1, -0.05) is 25.1 Å². The third kappa shape index (κ3) is 3.23. The lowest BCUT2D eigenvalue weighted by molar-refractivity contribution is 0.219. The summed E-state index contributed by atoms with van der Waals surface area (Å²) in [7, 11) is 0. The van der Waals surface area contributed by atoms with Crippen LogP contribution in [0.15, 0.2) is 42.7 Å². The molecule has 1 aromatic carbocycles. The molecule has 1 aromatic heterocycles. The fraction of sp³-hybridized carbons (Fsp3) is 0.267. The van der Waals surface area contributed by atoms with Gasteiger partial charge in [0.05, 0.1) is 12.8 Å². The molecule has 0 radical (unpaired) electrons. The van der Waals surface area contributed by atoms with Crippen LogP contribution >= 0.6 is 0 Å². The van der Waals surface area contributed by atoms with E-state index in [4.69, 9.17) is 10.5 Å². The predicted molar refractivity (Wildman–Crippen MR) is 74.9 cm³/mol. The highest BCUT2D eigenvalue weighted by molar-refractivity contribution is 5.50. The number of rotatable bonds is 5. The van der Waals surface area contributed by atoms with Crippen LogP contribution < -0.4 is 10.5 Å². The maximum absolute atomic E-state index is 10.3. The van der Waals surface area contributed by atoms with Crippen molar-refractivity contribution in [3.8, 4) is 5.75 Å². The summed E-state index contributed by atoms with van der Waals surface area (Å²) in [6, 6.07) is 9.05. The fourth-order valence-electron chi connectivity index (χ4n) is 1.82. The van der Waals surface area contributed by atoms with Crippen molar-refractivity contribution in [2.75, 3.05) is 12.3 Å². The monoisotopic (exact) mass is 258 g/mol. The second kappa shape index (κ2) is 6.20. The van der Waals surface area contributed by atoms with Crippen molar-refractivity contribution in [2.24, 2.45) is 0 Å². The fourth-order valence-corrected chi connectivity index (χ4v) is 1.82. The molecule has 4 nitrogen and oxygen atoms in total. The normalized spacial score (nSPS) is 12.1. The molecule has 1 unspecified atom stereocenters. The first-order chi connectivity index (χ1) is 9.22. The number of benzene rings is 1. The van der Waals surface area contributed by atoms with Gasteiger partial charge < -0.3 is 15.6 Å². The zero-order valence-electron chi connectivity index (χ0n) is 10.9. The van der Waals surface area contributed by atoms with Crippen LogP contribution in [0.3, 0.4) is 0 Å². The Kier molecular flexibility index (Phi) is 4.36. The Hall–Kier alpha value is -2.07. The van der Waals surface area contributed by atoms with Crippen molar-refractivity contribution < 1.29 is 9.84 Å². The number of nitrogen functional groups attached to an aromatic ring is 1. The highest BCUT2D eigenvalue weighted by atomic mass is 16.5.